The van der Waals surface area contributed by atoms with Crippen molar-refractivity contribution >= 4 is 0 Å². The number of halogens is 1. The first-order valence-electron chi connectivity index (χ1n) is 4.96. The Morgan fingerprint density at radius 1 is 1.38 bits per heavy atom. The third kappa shape index (κ3) is 2.09. The Morgan fingerprint density at radius 3 is 2.56 bits per heavy atom. The number of hydrogen-bond donors (Lipinski definition) is 1. The van der Waals surface area contributed by atoms with Crippen LogP contribution in [-0.2, 0) is 0 Å². The van der Waals surface area contributed by atoms with E-state index in [0.29, 0.717) is 18.3 Å². The summed E-state index contributed by atoms with van der Waals surface area (Å²) < 4.78 is 17.8. The van der Waals surface area contributed by atoms with Gasteiger partial charge in [0.15, 0.2) is 5.82 Å². The average molecular weight is 221 g/mol. The summed E-state index contributed by atoms with van der Waals surface area (Å²) in [6, 6.07) is 6.13. The van der Waals surface area contributed by atoms with E-state index in [1.165, 1.54) is 12.1 Å². The van der Waals surface area contributed by atoms with Crippen LogP contribution in [0, 0.1) is 12.7 Å². The maximum Gasteiger partial charge on any atom is 0.235 e. The van der Waals surface area contributed by atoms with E-state index in [4.69, 9.17) is 10.3 Å². The summed E-state index contributed by atoms with van der Waals surface area (Å²) in [6.07, 6.45) is 0. The van der Waals surface area contributed by atoms with Crippen LogP contribution in [0.1, 0.15) is 23.2 Å². The van der Waals surface area contributed by atoms with Crippen LogP contribution in [0.5, 0.6) is 0 Å². The van der Waals surface area contributed by atoms with E-state index in [9.17, 15) is 4.39 Å². The Hall–Kier alpha value is -1.75. The Morgan fingerprint density at radius 2 is 2.06 bits per heavy atom. The molecule has 1 aromatic heterocycles. The van der Waals surface area contributed by atoms with Crippen LogP contribution < -0.4 is 5.73 Å². The molecule has 5 heteroatoms. The minimum atomic E-state index is -0.277. The van der Waals surface area contributed by atoms with Gasteiger partial charge >= 0.3 is 0 Å². The standard InChI is InChI=1S/C11H12FN3O/c1-7-14-11(16-15-7)10(6-13)8-2-4-9(12)5-3-8/h2-5,10H,6,13H2,1H3. The van der Waals surface area contributed by atoms with E-state index in [0.717, 1.165) is 5.56 Å². The van der Waals surface area contributed by atoms with Crippen LogP contribution in [0.3, 0.4) is 0 Å². The first-order valence-corrected chi connectivity index (χ1v) is 4.96. The van der Waals surface area contributed by atoms with Gasteiger partial charge in [0.05, 0.1) is 5.92 Å². The number of nitrogens with two attached hydrogens (primary N) is 1. The number of hydrogen-bond acceptors (Lipinski definition) is 4. The molecule has 1 aromatic carbocycles. The van der Waals surface area contributed by atoms with Gasteiger partial charge in [0.25, 0.3) is 0 Å². The summed E-state index contributed by atoms with van der Waals surface area (Å²) in [6.45, 7) is 2.08. The van der Waals surface area contributed by atoms with Crippen molar-refractivity contribution in [1.29, 1.82) is 0 Å². The molecular formula is C11H12FN3O. The molecule has 0 amide bonds. The number of nitrogens with zero attached hydrogens (tertiary/aromatic N) is 2. The van der Waals surface area contributed by atoms with Crippen molar-refractivity contribution in [3.05, 3.63) is 47.4 Å². The lowest BCUT2D eigenvalue weighted by molar-refractivity contribution is 0.363. The summed E-state index contributed by atoms with van der Waals surface area (Å²) in [4.78, 5) is 4.13. The van der Waals surface area contributed by atoms with E-state index in [2.05, 4.69) is 10.1 Å². The van der Waals surface area contributed by atoms with Gasteiger partial charge in [0.1, 0.15) is 5.82 Å². The Kier molecular flexibility index (Phi) is 2.96. The van der Waals surface area contributed by atoms with Crippen molar-refractivity contribution in [2.75, 3.05) is 6.54 Å². The second-order valence-electron chi connectivity index (χ2n) is 3.52. The van der Waals surface area contributed by atoms with Gasteiger partial charge in [0.2, 0.25) is 5.89 Å². The monoisotopic (exact) mass is 221 g/mol. The smallest absolute Gasteiger partial charge is 0.235 e. The second kappa shape index (κ2) is 4.40. The van der Waals surface area contributed by atoms with Crippen molar-refractivity contribution in [2.45, 2.75) is 12.8 Å². The fraction of sp³-hybridized carbons (Fsp3) is 0.273. The molecule has 0 aliphatic heterocycles. The largest absolute Gasteiger partial charge is 0.339 e. The molecule has 0 spiro atoms. The molecule has 1 atom stereocenters. The second-order valence-corrected chi connectivity index (χ2v) is 3.52. The summed E-state index contributed by atoms with van der Waals surface area (Å²) in [5, 5.41) is 3.71. The van der Waals surface area contributed by atoms with Crippen molar-refractivity contribution in [2.24, 2.45) is 5.73 Å². The molecule has 0 aliphatic carbocycles. The first-order chi connectivity index (χ1) is 7.70. The molecule has 2 N–H and O–H groups in total. The van der Waals surface area contributed by atoms with Crippen LogP contribution in [0.15, 0.2) is 28.8 Å². The maximum absolute atomic E-state index is 12.8. The fourth-order valence-corrected chi connectivity index (χ4v) is 1.53. The number of benzene rings is 1. The van der Waals surface area contributed by atoms with Gasteiger partial charge in [0, 0.05) is 6.54 Å². The number of aromatic nitrogens is 2. The maximum atomic E-state index is 12.8. The van der Waals surface area contributed by atoms with E-state index in [1.807, 2.05) is 0 Å². The van der Waals surface area contributed by atoms with E-state index in [-0.39, 0.29) is 11.7 Å². The average Bonchev–Trinajstić information content (AvgIpc) is 2.69. The molecule has 0 saturated carbocycles. The fourth-order valence-electron chi connectivity index (χ4n) is 1.53. The zero-order valence-electron chi connectivity index (χ0n) is 8.85. The highest BCUT2D eigenvalue weighted by molar-refractivity contribution is 5.25. The summed E-state index contributed by atoms with van der Waals surface area (Å²) in [7, 11) is 0. The van der Waals surface area contributed by atoms with Gasteiger partial charge < -0.3 is 10.3 Å². The van der Waals surface area contributed by atoms with Gasteiger partial charge in [-0.2, -0.15) is 4.98 Å². The number of aryl methyl sites for hydroxylation is 1. The van der Waals surface area contributed by atoms with Crippen LogP contribution in [0.25, 0.3) is 0 Å². The first kappa shape index (κ1) is 10.8. The molecule has 16 heavy (non-hydrogen) atoms. The molecule has 0 fully saturated rings. The third-order valence-corrected chi connectivity index (χ3v) is 2.35. The Labute approximate surface area is 92.3 Å². The lowest BCUT2D eigenvalue weighted by Crippen LogP contribution is -2.14. The van der Waals surface area contributed by atoms with Crippen LogP contribution in [0.4, 0.5) is 4.39 Å². The zero-order chi connectivity index (χ0) is 11.5. The molecule has 2 rings (SSSR count). The Bertz CT molecular complexity index is 466. The van der Waals surface area contributed by atoms with Gasteiger partial charge in [-0.1, -0.05) is 17.3 Å². The molecule has 0 bridgehead atoms. The van der Waals surface area contributed by atoms with Crippen molar-refractivity contribution < 1.29 is 8.91 Å². The molecule has 1 heterocycles. The lowest BCUT2D eigenvalue weighted by Gasteiger charge is -2.09. The number of rotatable bonds is 3. The summed E-state index contributed by atoms with van der Waals surface area (Å²) in [5.74, 6) is 0.574. The predicted molar refractivity (Wildman–Crippen MR) is 56.3 cm³/mol. The van der Waals surface area contributed by atoms with Crippen LogP contribution in [-0.4, -0.2) is 16.7 Å². The van der Waals surface area contributed by atoms with Crippen molar-refractivity contribution in [1.82, 2.24) is 10.1 Å². The minimum Gasteiger partial charge on any atom is -0.339 e. The zero-order valence-corrected chi connectivity index (χ0v) is 8.85. The quantitative estimate of drug-likeness (QED) is 0.855. The Balaban J connectivity index is 2.32. The normalized spacial score (nSPS) is 12.7. The van der Waals surface area contributed by atoms with Gasteiger partial charge in [-0.3, -0.25) is 0 Å². The van der Waals surface area contributed by atoms with Gasteiger partial charge in [-0.15, -0.1) is 0 Å². The highest BCUT2D eigenvalue weighted by atomic mass is 19.1. The van der Waals surface area contributed by atoms with Crippen LogP contribution in [0.2, 0.25) is 0 Å². The van der Waals surface area contributed by atoms with Crippen LogP contribution >= 0.6 is 0 Å². The summed E-state index contributed by atoms with van der Waals surface area (Å²) >= 11 is 0. The molecule has 0 aliphatic rings. The highest BCUT2D eigenvalue weighted by Crippen LogP contribution is 2.22. The van der Waals surface area contributed by atoms with E-state index < -0.39 is 0 Å². The third-order valence-electron chi connectivity index (χ3n) is 2.35. The van der Waals surface area contributed by atoms with Crippen molar-refractivity contribution in [3.63, 3.8) is 0 Å². The molecule has 0 saturated heterocycles. The highest BCUT2D eigenvalue weighted by Gasteiger charge is 2.18. The molecule has 0 radical (unpaired) electrons. The predicted octanol–water partition coefficient (Wildman–Crippen LogP) is 1.61. The minimum absolute atomic E-state index is 0.179. The lowest BCUT2D eigenvalue weighted by atomic mass is 9.99. The molecule has 1 unspecified atom stereocenters. The SMILES string of the molecule is Cc1noc(C(CN)c2ccc(F)cc2)n1. The van der Waals surface area contributed by atoms with Crippen molar-refractivity contribution in [3.8, 4) is 0 Å². The molecule has 4 nitrogen and oxygen atoms in total. The molecule has 84 valence electrons. The molecule has 2 aromatic rings. The molecular weight excluding hydrogens is 209 g/mol. The van der Waals surface area contributed by atoms with E-state index in [1.54, 1.807) is 19.1 Å². The van der Waals surface area contributed by atoms with Gasteiger partial charge in [-0.05, 0) is 24.6 Å². The van der Waals surface area contributed by atoms with Gasteiger partial charge in [-0.25, -0.2) is 4.39 Å². The van der Waals surface area contributed by atoms with E-state index >= 15 is 0 Å². The summed E-state index contributed by atoms with van der Waals surface area (Å²) in [5.41, 5.74) is 6.53. The topological polar surface area (TPSA) is 64.9 Å².